The van der Waals surface area contributed by atoms with Crippen LogP contribution in [0.4, 0.5) is 0 Å². The molecule has 3 nitrogen and oxygen atoms in total. The standard InChI is InChI=1S/C6H12N2O/c1-8-6(9)5(7)4-2-3-4/h4-5H,2-3,7H2,1H3,(H,8,9). The van der Waals surface area contributed by atoms with Crippen LogP contribution in [0.3, 0.4) is 0 Å². The van der Waals surface area contributed by atoms with E-state index in [4.69, 9.17) is 5.73 Å². The molecule has 1 saturated carbocycles. The van der Waals surface area contributed by atoms with Crippen molar-refractivity contribution in [2.45, 2.75) is 18.9 Å². The molecule has 52 valence electrons. The number of nitrogens with two attached hydrogens (primary N) is 1. The van der Waals surface area contributed by atoms with Gasteiger partial charge < -0.3 is 11.1 Å². The van der Waals surface area contributed by atoms with E-state index in [9.17, 15) is 4.79 Å². The summed E-state index contributed by atoms with van der Waals surface area (Å²) in [7, 11) is 1.62. The fourth-order valence-corrected chi connectivity index (χ4v) is 0.836. The van der Waals surface area contributed by atoms with E-state index in [-0.39, 0.29) is 11.9 Å². The van der Waals surface area contributed by atoms with Gasteiger partial charge in [-0.25, -0.2) is 0 Å². The third kappa shape index (κ3) is 1.42. The summed E-state index contributed by atoms with van der Waals surface area (Å²) in [5.41, 5.74) is 5.52. The summed E-state index contributed by atoms with van der Waals surface area (Å²) in [4.78, 5) is 10.8. The number of hydrogen-bond acceptors (Lipinski definition) is 2. The van der Waals surface area contributed by atoms with Crippen molar-refractivity contribution >= 4 is 5.91 Å². The number of carbonyl (C=O) groups is 1. The molecule has 0 spiro atoms. The predicted octanol–water partition coefficient (Wildman–Crippen LogP) is -0.530. The van der Waals surface area contributed by atoms with E-state index in [0.717, 1.165) is 12.8 Å². The van der Waals surface area contributed by atoms with Crippen LogP contribution in [0.2, 0.25) is 0 Å². The van der Waals surface area contributed by atoms with Gasteiger partial charge in [0.1, 0.15) is 0 Å². The lowest BCUT2D eigenvalue weighted by Crippen LogP contribution is -2.40. The maximum atomic E-state index is 10.8. The van der Waals surface area contributed by atoms with E-state index < -0.39 is 0 Å². The zero-order chi connectivity index (χ0) is 6.85. The molecule has 3 heteroatoms. The molecule has 0 aromatic heterocycles. The van der Waals surface area contributed by atoms with Crippen LogP contribution in [0, 0.1) is 5.92 Å². The Morgan fingerprint density at radius 2 is 2.33 bits per heavy atom. The Morgan fingerprint density at radius 3 is 2.67 bits per heavy atom. The van der Waals surface area contributed by atoms with Crippen LogP contribution in [0.15, 0.2) is 0 Å². The molecule has 0 aromatic carbocycles. The Balaban J connectivity index is 2.30. The van der Waals surface area contributed by atoms with Crippen molar-refractivity contribution in [1.82, 2.24) is 5.32 Å². The molecule has 0 aromatic rings. The minimum atomic E-state index is -0.255. The molecule has 0 aliphatic heterocycles. The Morgan fingerprint density at radius 1 is 1.78 bits per heavy atom. The van der Waals surface area contributed by atoms with Crippen LogP contribution in [-0.4, -0.2) is 19.0 Å². The highest BCUT2D eigenvalue weighted by atomic mass is 16.2. The van der Waals surface area contributed by atoms with Crippen molar-refractivity contribution < 1.29 is 4.79 Å². The van der Waals surface area contributed by atoms with Crippen LogP contribution in [0.25, 0.3) is 0 Å². The third-order valence-electron chi connectivity index (χ3n) is 1.68. The Kier molecular flexibility index (Phi) is 1.71. The Bertz CT molecular complexity index is 120. The molecule has 0 bridgehead atoms. The fourth-order valence-electron chi connectivity index (χ4n) is 0.836. The van der Waals surface area contributed by atoms with Gasteiger partial charge in [-0.15, -0.1) is 0 Å². The van der Waals surface area contributed by atoms with E-state index in [1.807, 2.05) is 0 Å². The summed E-state index contributed by atoms with van der Waals surface area (Å²) < 4.78 is 0. The van der Waals surface area contributed by atoms with E-state index >= 15 is 0 Å². The topological polar surface area (TPSA) is 55.1 Å². The van der Waals surface area contributed by atoms with Crippen molar-refractivity contribution in [1.29, 1.82) is 0 Å². The van der Waals surface area contributed by atoms with Gasteiger partial charge in [0.05, 0.1) is 6.04 Å². The summed E-state index contributed by atoms with van der Waals surface area (Å²) in [6.45, 7) is 0. The largest absolute Gasteiger partial charge is 0.358 e. The maximum Gasteiger partial charge on any atom is 0.236 e. The van der Waals surface area contributed by atoms with Gasteiger partial charge in [0, 0.05) is 7.05 Å². The summed E-state index contributed by atoms with van der Waals surface area (Å²) in [6, 6.07) is -0.255. The number of nitrogens with one attached hydrogen (secondary N) is 1. The highest BCUT2D eigenvalue weighted by Gasteiger charge is 2.32. The molecule has 3 N–H and O–H groups in total. The molecule has 9 heavy (non-hydrogen) atoms. The second-order valence-electron chi connectivity index (χ2n) is 2.48. The van der Waals surface area contributed by atoms with Gasteiger partial charge >= 0.3 is 0 Å². The normalized spacial score (nSPS) is 21.1. The molecule has 1 amide bonds. The highest BCUT2D eigenvalue weighted by Crippen LogP contribution is 2.31. The first kappa shape index (κ1) is 6.55. The number of carbonyl (C=O) groups excluding carboxylic acids is 1. The molecular weight excluding hydrogens is 116 g/mol. The van der Waals surface area contributed by atoms with Gasteiger partial charge in [-0.1, -0.05) is 0 Å². The second kappa shape index (κ2) is 2.35. The summed E-state index contributed by atoms with van der Waals surface area (Å²) in [5, 5.41) is 2.52. The predicted molar refractivity (Wildman–Crippen MR) is 34.8 cm³/mol. The lowest BCUT2D eigenvalue weighted by atomic mass is 10.2. The molecular formula is C6H12N2O. The monoisotopic (exact) mass is 128 g/mol. The van der Waals surface area contributed by atoms with Gasteiger partial charge in [0.15, 0.2) is 0 Å². The van der Waals surface area contributed by atoms with Crippen LogP contribution in [-0.2, 0) is 4.79 Å². The van der Waals surface area contributed by atoms with Gasteiger partial charge in [-0.2, -0.15) is 0 Å². The average molecular weight is 128 g/mol. The van der Waals surface area contributed by atoms with E-state index in [2.05, 4.69) is 5.32 Å². The molecule has 0 saturated heterocycles. The minimum Gasteiger partial charge on any atom is -0.358 e. The molecule has 1 rings (SSSR count). The van der Waals surface area contributed by atoms with E-state index in [1.165, 1.54) is 0 Å². The van der Waals surface area contributed by atoms with Crippen molar-refractivity contribution in [3.05, 3.63) is 0 Å². The minimum absolute atomic E-state index is 0.0301. The van der Waals surface area contributed by atoms with Crippen molar-refractivity contribution in [3.8, 4) is 0 Å². The van der Waals surface area contributed by atoms with Crippen LogP contribution in [0.5, 0.6) is 0 Å². The van der Waals surface area contributed by atoms with Crippen LogP contribution in [0.1, 0.15) is 12.8 Å². The summed E-state index contributed by atoms with van der Waals surface area (Å²) in [5.74, 6) is 0.433. The van der Waals surface area contributed by atoms with E-state index in [1.54, 1.807) is 7.05 Å². The Hall–Kier alpha value is -0.570. The lowest BCUT2D eigenvalue weighted by molar-refractivity contribution is -0.122. The van der Waals surface area contributed by atoms with Crippen LogP contribution >= 0.6 is 0 Å². The Labute approximate surface area is 54.6 Å². The smallest absolute Gasteiger partial charge is 0.236 e. The van der Waals surface area contributed by atoms with Gasteiger partial charge in [-0.05, 0) is 18.8 Å². The summed E-state index contributed by atoms with van der Waals surface area (Å²) >= 11 is 0. The second-order valence-corrected chi connectivity index (χ2v) is 2.48. The zero-order valence-electron chi connectivity index (χ0n) is 5.55. The van der Waals surface area contributed by atoms with Crippen molar-refractivity contribution in [2.75, 3.05) is 7.05 Å². The quantitative estimate of drug-likeness (QED) is 0.525. The molecule has 0 heterocycles. The molecule has 1 aliphatic carbocycles. The SMILES string of the molecule is CNC(=O)C(N)C1CC1. The average Bonchev–Trinajstić information content (AvgIpc) is 2.66. The number of hydrogen-bond donors (Lipinski definition) is 2. The first-order valence-electron chi connectivity index (χ1n) is 3.23. The third-order valence-corrected chi connectivity index (χ3v) is 1.68. The van der Waals surface area contributed by atoms with Crippen molar-refractivity contribution in [3.63, 3.8) is 0 Å². The van der Waals surface area contributed by atoms with Crippen LogP contribution < -0.4 is 11.1 Å². The molecule has 1 fully saturated rings. The maximum absolute atomic E-state index is 10.8. The van der Waals surface area contributed by atoms with E-state index in [0.29, 0.717) is 5.92 Å². The molecule has 1 unspecified atom stereocenters. The number of rotatable bonds is 2. The molecule has 1 aliphatic rings. The zero-order valence-corrected chi connectivity index (χ0v) is 5.55. The summed E-state index contributed by atoms with van der Waals surface area (Å²) in [6.07, 6.45) is 2.24. The van der Waals surface area contributed by atoms with Gasteiger partial charge in [0.25, 0.3) is 0 Å². The highest BCUT2D eigenvalue weighted by molar-refractivity contribution is 5.81. The fraction of sp³-hybridized carbons (Fsp3) is 0.833. The number of amides is 1. The lowest BCUT2D eigenvalue weighted by Gasteiger charge is -2.06. The molecule has 0 radical (unpaired) electrons. The van der Waals surface area contributed by atoms with Gasteiger partial charge in [-0.3, -0.25) is 4.79 Å². The number of likely N-dealkylation sites (N-methyl/N-ethyl adjacent to an activating group) is 1. The van der Waals surface area contributed by atoms with Crippen molar-refractivity contribution in [2.24, 2.45) is 11.7 Å². The molecule has 1 atom stereocenters. The first-order valence-corrected chi connectivity index (χ1v) is 3.23. The first-order chi connectivity index (χ1) is 4.25. The van der Waals surface area contributed by atoms with Gasteiger partial charge in [0.2, 0.25) is 5.91 Å².